The Bertz CT molecular complexity index is 406. The lowest BCUT2D eigenvalue weighted by atomic mass is 10.2. The van der Waals surface area contributed by atoms with Gasteiger partial charge in [-0.2, -0.15) is 0 Å². The van der Waals surface area contributed by atoms with Gasteiger partial charge in [-0.3, -0.25) is 5.43 Å². The summed E-state index contributed by atoms with van der Waals surface area (Å²) in [7, 11) is 1.62. The van der Waals surface area contributed by atoms with Crippen LogP contribution in [0.5, 0.6) is 5.75 Å². The summed E-state index contributed by atoms with van der Waals surface area (Å²) in [5.74, 6) is 0.513. The summed E-state index contributed by atoms with van der Waals surface area (Å²) >= 11 is 0. The second kappa shape index (κ2) is 6.73. The fraction of sp³-hybridized carbons (Fsp3) is 0.571. The number of anilines is 1. The zero-order valence-electron chi connectivity index (χ0n) is 11.7. The molecule has 1 heterocycles. The maximum atomic E-state index is 13.4. The molecule has 1 aliphatic rings. The van der Waals surface area contributed by atoms with E-state index in [-0.39, 0.29) is 5.82 Å². The number of halogens is 1. The lowest BCUT2D eigenvalue weighted by Crippen LogP contribution is -2.52. The maximum Gasteiger partial charge on any atom is 0.142 e. The molecule has 0 aromatic heterocycles. The second-order valence-electron chi connectivity index (χ2n) is 4.70. The van der Waals surface area contributed by atoms with E-state index in [2.05, 4.69) is 22.3 Å². The Morgan fingerprint density at radius 1 is 1.26 bits per heavy atom. The number of nitrogens with one attached hydrogen (secondary N) is 1. The average molecular weight is 267 g/mol. The van der Waals surface area contributed by atoms with Gasteiger partial charge in [0.25, 0.3) is 0 Å². The van der Waals surface area contributed by atoms with Crippen LogP contribution in [0, 0.1) is 5.82 Å². The molecule has 0 bridgehead atoms. The van der Waals surface area contributed by atoms with Gasteiger partial charge in [-0.25, -0.2) is 9.40 Å². The minimum atomic E-state index is -0.220. The van der Waals surface area contributed by atoms with Crippen LogP contribution in [0.1, 0.15) is 13.3 Å². The molecular formula is C14H22FN3O. The van der Waals surface area contributed by atoms with Gasteiger partial charge in [0.05, 0.1) is 12.8 Å². The fourth-order valence-corrected chi connectivity index (χ4v) is 2.29. The van der Waals surface area contributed by atoms with E-state index in [0.29, 0.717) is 0 Å². The number of nitrogens with zero attached hydrogens (tertiary/aromatic N) is 2. The number of methoxy groups -OCH3 is 1. The molecule has 19 heavy (non-hydrogen) atoms. The van der Waals surface area contributed by atoms with Gasteiger partial charge in [0.15, 0.2) is 0 Å². The maximum absolute atomic E-state index is 13.4. The van der Waals surface area contributed by atoms with E-state index >= 15 is 0 Å². The van der Waals surface area contributed by atoms with E-state index in [0.717, 1.165) is 50.6 Å². The molecule has 0 unspecified atom stereocenters. The third kappa shape index (κ3) is 3.58. The Hall–Kier alpha value is -1.33. The van der Waals surface area contributed by atoms with Crippen LogP contribution in [0.4, 0.5) is 10.1 Å². The van der Waals surface area contributed by atoms with Gasteiger partial charge in [0.1, 0.15) is 11.6 Å². The summed E-state index contributed by atoms with van der Waals surface area (Å²) in [5.41, 5.74) is 4.23. The number of rotatable bonds is 5. The number of piperazine rings is 1. The summed E-state index contributed by atoms with van der Waals surface area (Å²) in [5, 5.41) is 2.23. The van der Waals surface area contributed by atoms with E-state index in [1.807, 2.05) is 0 Å². The van der Waals surface area contributed by atoms with Gasteiger partial charge in [0.2, 0.25) is 0 Å². The highest BCUT2D eigenvalue weighted by atomic mass is 19.1. The summed E-state index contributed by atoms with van der Waals surface area (Å²) in [4.78, 5) is 2.17. The minimum absolute atomic E-state index is 0.220. The number of benzene rings is 1. The van der Waals surface area contributed by atoms with Crippen LogP contribution < -0.4 is 15.1 Å². The quantitative estimate of drug-likeness (QED) is 0.881. The summed E-state index contributed by atoms with van der Waals surface area (Å²) in [6.45, 7) is 6.76. The first kappa shape index (κ1) is 14.1. The summed E-state index contributed by atoms with van der Waals surface area (Å²) < 4.78 is 18.7. The molecule has 0 radical (unpaired) electrons. The third-order valence-electron chi connectivity index (χ3n) is 3.35. The fourth-order valence-electron chi connectivity index (χ4n) is 2.29. The molecular weight excluding hydrogens is 245 g/mol. The van der Waals surface area contributed by atoms with Crippen LogP contribution in [-0.4, -0.2) is 44.8 Å². The van der Waals surface area contributed by atoms with E-state index < -0.39 is 0 Å². The van der Waals surface area contributed by atoms with Crippen LogP contribution in [-0.2, 0) is 0 Å². The van der Waals surface area contributed by atoms with Crippen molar-refractivity contribution < 1.29 is 9.13 Å². The number of hydrogen-bond acceptors (Lipinski definition) is 4. The average Bonchev–Trinajstić information content (AvgIpc) is 2.45. The van der Waals surface area contributed by atoms with Crippen molar-refractivity contribution in [1.82, 2.24) is 10.4 Å². The van der Waals surface area contributed by atoms with Crippen LogP contribution in [0.2, 0.25) is 0 Å². The molecule has 1 fully saturated rings. The highest BCUT2D eigenvalue weighted by molar-refractivity contribution is 5.59. The first-order valence-electron chi connectivity index (χ1n) is 6.81. The molecule has 0 spiro atoms. The number of hydrazine groups is 1. The molecule has 5 heteroatoms. The highest BCUT2D eigenvalue weighted by Gasteiger charge is 2.19. The first-order chi connectivity index (χ1) is 9.24. The summed E-state index contributed by atoms with van der Waals surface area (Å²) in [6, 6.07) is 4.67. The molecule has 2 rings (SSSR count). The van der Waals surface area contributed by atoms with E-state index in [1.54, 1.807) is 19.2 Å². The van der Waals surface area contributed by atoms with Crippen molar-refractivity contribution in [2.24, 2.45) is 0 Å². The highest BCUT2D eigenvalue weighted by Crippen LogP contribution is 2.29. The SMILES string of the molecule is CCCNN1CCN(c2cc(F)ccc2OC)CC1. The standard InChI is InChI=1S/C14H22FN3O/c1-3-6-16-18-9-7-17(8-10-18)13-11-12(15)4-5-14(13)19-2/h4-5,11,16H,3,6-10H2,1-2H3. The topological polar surface area (TPSA) is 27.7 Å². The zero-order chi connectivity index (χ0) is 13.7. The minimum Gasteiger partial charge on any atom is -0.495 e. The molecule has 4 nitrogen and oxygen atoms in total. The first-order valence-corrected chi connectivity index (χ1v) is 6.81. The molecule has 1 N–H and O–H groups in total. The van der Waals surface area contributed by atoms with Gasteiger partial charge in [-0.1, -0.05) is 6.92 Å². The molecule has 1 aliphatic heterocycles. The molecule has 0 saturated carbocycles. The molecule has 0 amide bonds. The zero-order valence-corrected chi connectivity index (χ0v) is 11.7. The van der Waals surface area contributed by atoms with Gasteiger partial charge in [-0.05, 0) is 18.6 Å². The number of ether oxygens (including phenoxy) is 1. The third-order valence-corrected chi connectivity index (χ3v) is 3.35. The van der Waals surface area contributed by atoms with Crippen molar-refractivity contribution in [1.29, 1.82) is 0 Å². The smallest absolute Gasteiger partial charge is 0.142 e. The Labute approximate surface area is 114 Å². The predicted octanol–water partition coefficient (Wildman–Crippen LogP) is 1.87. The van der Waals surface area contributed by atoms with Gasteiger partial charge in [-0.15, -0.1) is 0 Å². The Morgan fingerprint density at radius 3 is 2.63 bits per heavy atom. The molecule has 1 aromatic rings. The van der Waals surface area contributed by atoms with Crippen molar-refractivity contribution in [3.05, 3.63) is 24.0 Å². The monoisotopic (exact) mass is 267 g/mol. The lowest BCUT2D eigenvalue weighted by Gasteiger charge is -2.36. The van der Waals surface area contributed by atoms with Crippen LogP contribution in [0.15, 0.2) is 18.2 Å². The van der Waals surface area contributed by atoms with Crippen molar-refractivity contribution in [3.8, 4) is 5.75 Å². The molecule has 106 valence electrons. The van der Waals surface area contributed by atoms with Gasteiger partial charge < -0.3 is 9.64 Å². The van der Waals surface area contributed by atoms with Gasteiger partial charge in [0, 0.05) is 38.8 Å². The molecule has 0 atom stereocenters. The molecule has 1 saturated heterocycles. The normalized spacial score (nSPS) is 16.7. The predicted molar refractivity (Wildman–Crippen MR) is 75.0 cm³/mol. The Morgan fingerprint density at radius 2 is 2.00 bits per heavy atom. The lowest BCUT2D eigenvalue weighted by molar-refractivity contribution is 0.176. The van der Waals surface area contributed by atoms with Crippen molar-refractivity contribution in [2.45, 2.75) is 13.3 Å². The second-order valence-corrected chi connectivity index (χ2v) is 4.70. The van der Waals surface area contributed by atoms with Crippen molar-refractivity contribution in [3.63, 3.8) is 0 Å². The van der Waals surface area contributed by atoms with E-state index in [1.165, 1.54) is 6.07 Å². The Kier molecular flexibility index (Phi) is 4.99. The van der Waals surface area contributed by atoms with Crippen molar-refractivity contribution in [2.75, 3.05) is 44.7 Å². The van der Waals surface area contributed by atoms with Crippen LogP contribution in [0.3, 0.4) is 0 Å². The van der Waals surface area contributed by atoms with Crippen LogP contribution >= 0.6 is 0 Å². The van der Waals surface area contributed by atoms with Crippen molar-refractivity contribution >= 4 is 5.69 Å². The summed E-state index contributed by atoms with van der Waals surface area (Å²) in [6.07, 6.45) is 1.12. The largest absolute Gasteiger partial charge is 0.495 e. The van der Waals surface area contributed by atoms with E-state index in [4.69, 9.17) is 4.74 Å². The Balaban J connectivity index is 1.99. The van der Waals surface area contributed by atoms with Crippen LogP contribution in [0.25, 0.3) is 0 Å². The van der Waals surface area contributed by atoms with Gasteiger partial charge >= 0.3 is 0 Å². The molecule has 1 aromatic carbocycles. The number of hydrogen-bond donors (Lipinski definition) is 1. The van der Waals surface area contributed by atoms with E-state index in [9.17, 15) is 4.39 Å². The molecule has 0 aliphatic carbocycles.